The van der Waals surface area contributed by atoms with Gasteiger partial charge in [-0.1, -0.05) is 29.4 Å². The van der Waals surface area contributed by atoms with Crippen LogP contribution in [0.25, 0.3) is 0 Å². The Kier molecular flexibility index (Phi) is 5.52. The molecule has 6 nitrogen and oxygen atoms in total. The largest absolute Gasteiger partial charge is 0.489 e. The van der Waals surface area contributed by atoms with Gasteiger partial charge in [-0.3, -0.25) is 4.98 Å². The number of nitrogens with one attached hydrogen (secondary N) is 1. The quantitative estimate of drug-likeness (QED) is 0.642. The van der Waals surface area contributed by atoms with E-state index >= 15 is 0 Å². The topological polar surface area (TPSA) is 73.1 Å². The summed E-state index contributed by atoms with van der Waals surface area (Å²) in [6, 6.07) is 11.9. The zero-order chi connectivity index (χ0) is 16.6. The van der Waals surface area contributed by atoms with Crippen LogP contribution in [0.5, 0.6) is 5.75 Å². The predicted octanol–water partition coefficient (Wildman–Crippen LogP) is 2.68. The molecule has 3 rings (SSSR count). The number of hydrogen-bond acceptors (Lipinski definition) is 6. The maximum atomic E-state index is 5.92. The van der Waals surface area contributed by atoms with Gasteiger partial charge in [-0.05, 0) is 19.1 Å². The van der Waals surface area contributed by atoms with Crippen molar-refractivity contribution in [3.63, 3.8) is 0 Å². The Morgan fingerprint density at radius 2 is 2.08 bits per heavy atom. The van der Waals surface area contributed by atoms with Crippen LogP contribution in [0.3, 0.4) is 0 Å². The molecule has 0 radical (unpaired) electrons. The van der Waals surface area contributed by atoms with Gasteiger partial charge in [0.1, 0.15) is 12.4 Å². The van der Waals surface area contributed by atoms with Crippen LogP contribution in [0.4, 0.5) is 0 Å². The molecule has 2 heterocycles. The number of pyridine rings is 1. The normalized spacial score (nSPS) is 10.7. The maximum absolute atomic E-state index is 5.92. The highest BCUT2D eigenvalue weighted by molar-refractivity contribution is 5.33. The first kappa shape index (κ1) is 16.1. The highest BCUT2D eigenvalue weighted by atomic mass is 16.5. The molecule has 0 aliphatic carbocycles. The van der Waals surface area contributed by atoms with Gasteiger partial charge in [0, 0.05) is 43.0 Å². The summed E-state index contributed by atoms with van der Waals surface area (Å²) in [6.07, 6.45) is 4.28. The van der Waals surface area contributed by atoms with E-state index in [4.69, 9.17) is 9.26 Å². The molecule has 124 valence electrons. The van der Waals surface area contributed by atoms with Gasteiger partial charge in [-0.2, -0.15) is 4.98 Å². The summed E-state index contributed by atoms with van der Waals surface area (Å²) >= 11 is 0. The van der Waals surface area contributed by atoms with E-state index in [9.17, 15) is 0 Å². The fourth-order valence-electron chi connectivity index (χ4n) is 2.30. The molecular formula is C18H20N4O2. The third-order valence-corrected chi connectivity index (χ3v) is 3.49. The molecule has 0 atom stereocenters. The monoisotopic (exact) mass is 324 g/mol. The summed E-state index contributed by atoms with van der Waals surface area (Å²) in [6.45, 7) is 3.80. The Labute approximate surface area is 140 Å². The predicted molar refractivity (Wildman–Crippen MR) is 89.5 cm³/mol. The van der Waals surface area contributed by atoms with Crippen molar-refractivity contribution >= 4 is 0 Å². The van der Waals surface area contributed by atoms with Crippen molar-refractivity contribution in [3.8, 4) is 5.75 Å². The average molecular weight is 324 g/mol. The minimum atomic E-state index is 0.506. The Morgan fingerprint density at radius 3 is 2.88 bits per heavy atom. The van der Waals surface area contributed by atoms with E-state index < -0.39 is 0 Å². The first-order valence-electron chi connectivity index (χ1n) is 7.91. The molecular weight excluding hydrogens is 304 g/mol. The standard InChI is InChI=1S/C18H20N4O2/c1-14-21-18(24-22-14)8-10-20-12-16-6-2-3-7-17(16)23-13-15-5-4-9-19-11-15/h2-7,9,11,20H,8,10,12-13H2,1H3. The number of hydrogen-bond donors (Lipinski definition) is 1. The van der Waals surface area contributed by atoms with Crippen molar-refractivity contribution in [3.05, 3.63) is 71.6 Å². The number of aryl methyl sites for hydroxylation is 1. The Balaban J connectivity index is 1.50. The number of nitrogens with zero attached hydrogens (tertiary/aromatic N) is 3. The minimum Gasteiger partial charge on any atom is -0.489 e. The summed E-state index contributed by atoms with van der Waals surface area (Å²) in [5, 5.41) is 7.16. The van der Waals surface area contributed by atoms with Crippen molar-refractivity contribution in [2.24, 2.45) is 0 Å². The molecule has 0 saturated carbocycles. The Hall–Kier alpha value is -2.73. The van der Waals surface area contributed by atoms with Crippen LogP contribution in [-0.4, -0.2) is 21.7 Å². The lowest BCUT2D eigenvalue weighted by Gasteiger charge is -2.12. The van der Waals surface area contributed by atoms with Crippen LogP contribution in [0, 0.1) is 6.92 Å². The minimum absolute atomic E-state index is 0.506. The van der Waals surface area contributed by atoms with Crippen LogP contribution in [0.15, 0.2) is 53.3 Å². The number of ether oxygens (including phenoxy) is 1. The zero-order valence-corrected chi connectivity index (χ0v) is 13.6. The highest BCUT2D eigenvalue weighted by Crippen LogP contribution is 2.19. The first-order chi connectivity index (χ1) is 11.8. The molecule has 0 bridgehead atoms. The van der Waals surface area contributed by atoms with Gasteiger partial charge in [-0.15, -0.1) is 0 Å². The van der Waals surface area contributed by atoms with Gasteiger partial charge in [-0.25, -0.2) is 0 Å². The van der Waals surface area contributed by atoms with Gasteiger partial charge in [0.25, 0.3) is 0 Å². The van der Waals surface area contributed by atoms with E-state index in [2.05, 4.69) is 26.5 Å². The lowest BCUT2D eigenvalue weighted by atomic mass is 10.2. The fourth-order valence-corrected chi connectivity index (χ4v) is 2.30. The molecule has 0 saturated heterocycles. The van der Waals surface area contributed by atoms with Crippen LogP contribution in [0.1, 0.15) is 22.8 Å². The van der Waals surface area contributed by atoms with Crippen LogP contribution >= 0.6 is 0 Å². The Bertz CT molecular complexity index is 758. The van der Waals surface area contributed by atoms with E-state index in [-0.39, 0.29) is 0 Å². The molecule has 0 spiro atoms. The van der Waals surface area contributed by atoms with Gasteiger partial charge in [0.15, 0.2) is 5.82 Å². The van der Waals surface area contributed by atoms with Crippen molar-refractivity contribution < 1.29 is 9.26 Å². The van der Waals surface area contributed by atoms with E-state index in [0.29, 0.717) is 24.7 Å². The van der Waals surface area contributed by atoms with Gasteiger partial charge >= 0.3 is 0 Å². The van der Waals surface area contributed by atoms with E-state index in [0.717, 1.165) is 30.0 Å². The zero-order valence-electron chi connectivity index (χ0n) is 13.6. The molecule has 1 N–H and O–H groups in total. The van der Waals surface area contributed by atoms with Crippen molar-refractivity contribution in [1.82, 2.24) is 20.4 Å². The van der Waals surface area contributed by atoms with Crippen LogP contribution < -0.4 is 10.1 Å². The number of rotatable bonds is 8. The summed E-state index contributed by atoms with van der Waals surface area (Å²) < 4.78 is 11.0. The van der Waals surface area contributed by atoms with Gasteiger partial charge < -0.3 is 14.6 Å². The van der Waals surface area contributed by atoms with Crippen LogP contribution in [0.2, 0.25) is 0 Å². The van der Waals surface area contributed by atoms with E-state index in [1.807, 2.05) is 43.5 Å². The molecule has 6 heteroatoms. The third-order valence-electron chi connectivity index (χ3n) is 3.49. The highest BCUT2D eigenvalue weighted by Gasteiger charge is 2.05. The summed E-state index contributed by atoms with van der Waals surface area (Å²) in [4.78, 5) is 8.29. The molecule has 2 aromatic heterocycles. The third kappa shape index (κ3) is 4.63. The summed E-state index contributed by atoms with van der Waals surface area (Å²) in [5.74, 6) is 2.20. The SMILES string of the molecule is Cc1noc(CCNCc2ccccc2OCc2cccnc2)n1. The maximum Gasteiger partial charge on any atom is 0.227 e. The summed E-state index contributed by atoms with van der Waals surface area (Å²) in [5.41, 5.74) is 2.16. The second-order valence-corrected chi connectivity index (χ2v) is 5.42. The molecule has 0 amide bonds. The number of benzene rings is 1. The second kappa shape index (κ2) is 8.21. The lowest BCUT2D eigenvalue weighted by molar-refractivity contribution is 0.301. The first-order valence-corrected chi connectivity index (χ1v) is 7.91. The number of para-hydroxylation sites is 1. The van der Waals surface area contributed by atoms with Crippen molar-refractivity contribution in [2.75, 3.05) is 6.54 Å². The van der Waals surface area contributed by atoms with E-state index in [1.54, 1.807) is 6.20 Å². The lowest BCUT2D eigenvalue weighted by Crippen LogP contribution is -2.17. The Morgan fingerprint density at radius 1 is 1.17 bits per heavy atom. The molecule has 3 aromatic rings. The second-order valence-electron chi connectivity index (χ2n) is 5.42. The fraction of sp³-hybridized carbons (Fsp3) is 0.278. The van der Waals surface area contributed by atoms with Crippen molar-refractivity contribution in [2.45, 2.75) is 26.5 Å². The van der Waals surface area contributed by atoms with Gasteiger partial charge in [0.2, 0.25) is 5.89 Å². The van der Waals surface area contributed by atoms with E-state index in [1.165, 1.54) is 0 Å². The number of aromatic nitrogens is 3. The molecule has 24 heavy (non-hydrogen) atoms. The smallest absolute Gasteiger partial charge is 0.227 e. The average Bonchev–Trinajstić information content (AvgIpc) is 3.04. The molecule has 1 aromatic carbocycles. The molecule has 0 unspecified atom stereocenters. The molecule has 0 aliphatic heterocycles. The van der Waals surface area contributed by atoms with Crippen molar-refractivity contribution in [1.29, 1.82) is 0 Å². The molecule has 0 fully saturated rings. The summed E-state index contributed by atoms with van der Waals surface area (Å²) in [7, 11) is 0. The van der Waals surface area contributed by atoms with Gasteiger partial charge in [0.05, 0.1) is 0 Å². The molecule has 0 aliphatic rings. The van der Waals surface area contributed by atoms with Crippen LogP contribution in [-0.2, 0) is 19.6 Å².